The number of aromatic hydroxyl groups is 4. The molecule has 0 amide bonds. The van der Waals surface area contributed by atoms with Gasteiger partial charge in [-0.05, 0) is 121 Å². The fourth-order valence-electron chi connectivity index (χ4n) is 7.31. The molecule has 0 spiro atoms. The minimum absolute atomic E-state index is 0.108. The predicted molar refractivity (Wildman–Crippen MR) is 231 cm³/mol. The number of benzene rings is 4. The molecule has 0 atom stereocenters. The molecule has 8 bridgehead atoms. The number of aromatic amines is 4. The Labute approximate surface area is 352 Å². The normalized spacial score (nSPS) is 12.8. The van der Waals surface area contributed by atoms with E-state index in [0.717, 1.165) is 107 Å². The Balaban J connectivity index is 1.48. The summed E-state index contributed by atoms with van der Waals surface area (Å²) in [7, 11) is 0. The van der Waals surface area contributed by atoms with Gasteiger partial charge in [-0.25, -0.2) is 0 Å². The molecule has 8 aromatic rings. The first-order valence-corrected chi connectivity index (χ1v) is 20.4. The molecule has 0 unspecified atom stereocenters. The van der Waals surface area contributed by atoms with Gasteiger partial charge in [-0.15, -0.1) is 0 Å². The van der Waals surface area contributed by atoms with Crippen molar-refractivity contribution in [3.63, 3.8) is 0 Å². The molecule has 56 heavy (non-hydrogen) atoms. The first kappa shape index (κ1) is 36.3. The number of halogens is 4. The SMILES string of the molecule is Oc1ccc(Br)c(C2=c3ccc([nH]3)=C(c3cc(O)ccc3Br)c3ccc([nH]3)C(c3cc(O)ccc3Br)=c3ccc([nH]3)=C(c3cc(O)ccc3Br)c3ccc2[nH]3)c1. The van der Waals surface area contributed by atoms with Crippen molar-refractivity contribution in [2.75, 3.05) is 0 Å². The molecular formula is C44H28Br4N4O4. The van der Waals surface area contributed by atoms with E-state index in [2.05, 4.69) is 83.7 Å². The molecule has 0 saturated heterocycles. The summed E-state index contributed by atoms with van der Waals surface area (Å²) in [6, 6.07) is 36.6. The lowest BCUT2D eigenvalue weighted by atomic mass is 10.0. The summed E-state index contributed by atoms with van der Waals surface area (Å²) in [5.74, 6) is 0.432. The summed E-state index contributed by atoms with van der Waals surface area (Å²) in [5, 5.41) is 46.0. The van der Waals surface area contributed by atoms with E-state index in [9.17, 15) is 20.4 Å². The first-order chi connectivity index (χ1) is 27.0. The zero-order chi connectivity index (χ0) is 38.8. The number of nitrogens with one attached hydrogen (secondary N) is 4. The Hall–Kier alpha value is -5.40. The lowest BCUT2D eigenvalue weighted by Crippen LogP contribution is -2.19. The third-order valence-electron chi connectivity index (χ3n) is 9.78. The van der Waals surface area contributed by atoms with Crippen molar-refractivity contribution in [3.8, 4) is 23.0 Å². The van der Waals surface area contributed by atoms with Crippen LogP contribution in [0.5, 0.6) is 23.0 Å². The zero-order valence-electron chi connectivity index (χ0n) is 28.8. The van der Waals surface area contributed by atoms with Gasteiger partial charge in [0.2, 0.25) is 0 Å². The molecule has 4 aromatic heterocycles. The monoisotopic (exact) mass is 992 g/mol. The van der Waals surface area contributed by atoms with Crippen LogP contribution in [0.4, 0.5) is 0 Å². The van der Waals surface area contributed by atoms with Crippen molar-refractivity contribution in [3.05, 3.63) is 206 Å². The molecular weight excluding hydrogens is 968 g/mol. The van der Waals surface area contributed by atoms with E-state index in [0.29, 0.717) is 0 Å². The molecule has 0 radical (unpaired) electrons. The third-order valence-corrected chi connectivity index (χ3v) is 12.5. The molecule has 1 aliphatic rings. The van der Waals surface area contributed by atoms with Gasteiger partial charge in [0.1, 0.15) is 23.0 Å². The average Bonchev–Trinajstić information content (AvgIpc) is 4.01. The Bertz CT molecular complexity index is 2740. The smallest absolute Gasteiger partial charge is 0.116 e. The van der Waals surface area contributed by atoms with Crippen LogP contribution >= 0.6 is 63.7 Å². The van der Waals surface area contributed by atoms with E-state index in [1.54, 1.807) is 48.5 Å². The molecule has 0 aliphatic carbocycles. The van der Waals surface area contributed by atoms with Crippen molar-refractivity contribution in [1.82, 2.24) is 19.9 Å². The van der Waals surface area contributed by atoms with Crippen LogP contribution < -0.4 is 21.4 Å². The molecule has 0 saturated carbocycles. The molecule has 4 aromatic carbocycles. The van der Waals surface area contributed by atoms with Crippen molar-refractivity contribution in [1.29, 1.82) is 0 Å². The molecule has 8 N–H and O–H groups in total. The van der Waals surface area contributed by atoms with E-state index in [-0.39, 0.29) is 23.0 Å². The Morgan fingerprint density at radius 1 is 0.286 bits per heavy atom. The van der Waals surface area contributed by atoms with Crippen molar-refractivity contribution in [2.45, 2.75) is 0 Å². The predicted octanol–water partition coefficient (Wildman–Crippen LogP) is 8.17. The summed E-state index contributed by atoms with van der Waals surface area (Å²) >= 11 is 15.0. The van der Waals surface area contributed by atoms with Crippen LogP contribution in [0.25, 0.3) is 22.3 Å². The minimum Gasteiger partial charge on any atom is -0.508 e. The lowest BCUT2D eigenvalue weighted by molar-refractivity contribution is 0.474. The second-order valence-corrected chi connectivity index (χ2v) is 16.7. The number of H-pyrrole nitrogens is 4. The highest BCUT2D eigenvalue weighted by Gasteiger charge is 2.22. The standard InChI is InChI=1S/C44H28Br4N4O4/c45-29-5-1-21(53)17-25(29)41-33-9-11-35(49-33)42(26-18-22(54)2-6-30(26)46)37-13-15-39(51-37)44(28-20-24(56)4-8-32(28)48)40-16-14-38(52-40)43(36-12-10-34(41)50-36)27-19-23(55)3-7-31(27)47/h1-20,49-56H. The minimum atomic E-state index is 0.108. The maximum atomic E-state index is 10.7. The van der Waals surface area contributed by atoms with Crippen LogP contribution in [0, 0.1) is 0 Å². The van der Waals surface area contributed by atoms with E-state index in [1.165, 1.54) is 0 Å². The van der Waals surface area contributed by atoms with Crippen LogP contribution in [0.2, 0.25) is 0 Å². The van der Waals surface area contributed by atoms with Crippen LogP contribution in [-0.2, 0) is 0 Å². The van der Waals surface area contributed by atoms with Gasteiger partial charge in [-0.2, -0.15) is 0 Å². The van der Waals surface area contributed by atoms with Crippen molar-refractivity contribution >= 4 is 86.0 Å². The number of hydrogen-bond donors (Lipinski definition) is 8. The van der Waals surface area contributed by atoms with E-state index in [4.69, 9.17) is 0 Å². The summed E-state index contributed by atoms with van der Waals surface area (Å²) in [6.45, 7) is 0. The van der Waals surface area contributed by atoms with Gasteiger partial charge >= 0.3 is 0 Å². The number of hydrogen-bond acceptors (Lipinski definition) is 4. The fourth-order valence-corrected chi connectivity index (χ4v) is 9.09. The molecule has 5 heterocycles. The topological polar surface area (TPSA) is 144 Å². The average molecular weight is 996 g/mol. The lowest BCUT2D eigenvalue weighted by Gasteiger charge is -2.12. The Kier molecular flexibility index (Phi) is 9.24. The highest BCUT2D eigenvalue weighted by Crippen LogP contribution is 2.36. The van der Waals surface area contributed by atoms with Crippen molar-refractivity contribution < 1.29 is 20.4 Å². The third kappa shape index (κ3) is 6.46. The molecule has 12 heteroatoms. The highest BCUT2D eigenvalue weighted by atomic mass is 79.9. The van der Waals surface area contributed by atoms with Crippen LogP contribution in [0.1, 0.15) is 45.0 Å². The molecule has 8 nitrogen and oxygen atoms in total. The Morgan fingerprint density at radius 2 is 0.518 bits per heavy atom. The van der Waals surface area contributed by atoms with Crippen LogP contribution in [0.3, 0.4) is 0 Å². The summed E-state index contributed by atoms with van der Waals surface area (Å²) < 4.78 is 3.10. The maximum Gasteiger partial charge on any atom is 0.116 e. The van der Waals surface area contributed by atoms with Gasteiger partial charge in [0.25, 0.3) is 0 Å². The maximum absolute atomic E-state index is 10.7. The zero-order valence-corrected chi connectivity index (χ0v) is 35.2. The number of aromatic nitrogens is 4. The van der Waals surface area contributed by atoms with Gasteiger partial charge in [0.05, 0.1) is 0 Å². The van der Waals surface area contributed by atoms with Crippen LogP contribution in [-0.4, -0.2) is 40.4 Å². The van der Waals surface area contributed by atoms with Gasteiger partial charge < -0.3 is 40.4 Å². The molecule has 1 aliphatic heterocycles. The molecule has 9 rings (SSSR count). The highest BCUT2D eigenvalue weighted by molar-refractivity contribution is 9.11. The van der Waals surface area contributed by atoms with E-state index < -0.39 is 0 Å². The van der Waals surface area contributed by atoms with Gasteiger partial charge in [-0.1, -0.05) is 63.7 Å². The Morgan fingerprint density at radius 3 is 0.750 bits per heavy atom. The van der Waals surface area contributed by atoms with E-state index in [1.807, 2.05) is 72.8 Å². The summed E-state index contributed by atoms with van der Waals surface area (Å²) in [4.78, 5) is 14.7. The number of phenols is 4. The van der Waals surface area contributed by atoms with Gasteiger partial charge in [-0.3, -0.25) is 0 Å². The largest absolute Gasteiger partial charge is 0.508 e. The van der Waals surface area contributed by atoms with Gasteiger partial charge in [0, 0.05) is 107 Å². The quantitative estimate of drug-likeness (QED) is 0.0901. The number of fused-ring (bicyclic) bond motifs is 8. The molecule has 276 valence electrons. The fraction of sp³-hybridized carbons (Fsp3) is 0. The first-order valence-electron chi connectivity index (χ1n) is 17.2. The van der Waals surface area contributed by atoms with Gasteiger partial charge in [0.15, 0.2) is 0 Å². The number of phenolic OH excluding ortho intramolecular Hbond substituents is 4. The van der Waals surface area contributed by atoms with Crippen molar-refractivity contribution in [2.24, 2.45) is 0 Å². The number of rotatable bonds is 4. The molecule has 0 fully saturated rings. The van der Waals surface area contributed by atoms with E-state index >= 15 is 0 Å². The summed E-state index contributed by atoms with van der Waals surface area (Å²) in [5.41, 5.74) is 9.12. The second-order valence-electron chi connectivity index (χ2n) is 13.3. The van der Waals surface area contributed by atoms with Crippen LogP contribution in [0.15, 0.2) is 139 Å². The second kappa shape index (κ2) is 14.3. The summed E-state index contributed by atoms with van der Waals surface area (Å²) in [6.07, 6.45) is 0.